The molecule has 1 fully saturated rings. The van der Waals surface area contributed by atoms with Crippen molar-refractivity contribution in [1.29, 1.82) is 0 Å². The topological polar surface area (TPSA) is 107 Å². The third kappa shape index (κ3) is 7.78. The van der Waals surface area contributed by atoms with Crippen LogP contribution in [0.2, 0.25) is 5.02 Å². The molecule has 1 aliphatic rings. The molecule has 0 spiro atoms. The summed E-state index contributed by atoms with van der Waals surface area (Å²) >= 11 is 9.19. The minimum absolute atomic E-state index is 0.154. The molecule has 0 aliphatic carbocycles. The Kier molecular flexibility index (Phi) is 9.30. The van der Waals surface area contributed by atoms with Crippen molar-refractivity contribution in [1.82, 2.24) is 19.2 Å². The van der Waals surface area contributed by atoms with E-state index in [2.05, 4.69) is 14.7 Å². The number of nitrogens with one attached hydrogen (secondary N) is 1. The van der Waals surface area contributed by atoms with Gasteiger partial charge in [0.05, 0.1) is 16.1 Å². The van der Waals surface area contributed by atoms with Crippen molar-refractivity contribution < 1.29 is 19.1 Å². The monoisotopic (exact) mass is 623 g/mol. The van der Waals surface area contributed by atoms with Gasteiger partial charge in [-0.1, -0.05) is 35.5 Å². The summed E-state index contributed by atoms with van der Waals surface area (Å²) < 4.78 is 16.1. The highest BCUT2D eigenvalue weighted by Gasteiger charge is 2.29. The molecule has 0 radical (unpaired) electrons. The lowest BCUT2D eigenvalue weighted by Crippen LogP contribution is -2.41. The van der Waals surface area contributed by atoms with Crippen LogP contribution in [0.3, 0.4) is 0 Å². The zero-order chi connectivity index (χ0) is 29.7. The van der Waals surface area contributed by atoms with E-state index >= 15 is 0 Å². The summed E-state index contributed by atoms with van der Waals surface area (Å²) in [7, 11) is 0. The zero-order valence-electron chi connectivity index (χ0n) is 23.4. The fraction of sp³-hybridized carbons (Fsp3) is 0.300. The van der Waals surface area contributed by atoms with E-state index in [-0.39, 0.29) is 12.0 Å². The second-order valence-corrected chi connectivity index (χ2v) is 12.9. The molecule has 0 bridgehead atoms. The number of hydrogen-bond acceptors (Lipinski definition) is 10. The molecule has 9 nitrogen and oxygen atoms in total. The average molecular weight is 624 g/mol. The van der Waals surface area contributed by atoms with Gasteiger partial charge in [-0.2, -0.15) is 4.37 Å². The van der Waals surface area contributed by atoms with Crippen molar-refractivity contribution in [2.45, 2.75) is 54.9 Å². The van der Waals surface area contributed by atoms with E-state index in [9.17, 15) is 9.59 Å². The number of likely N-dealkylation sites (tertiary alicyclic amines) is 1. The van der Waals surface area contributed by atoms with Gasteiger partial charge >= 0.3 is 6.09 Å². The molecule has 1 aliphatic heterocycles. The van der Waals surface area contributed by atoms with E-state index in [4.69, 9.17) is 26.1 Å². The van der Waals surface area contributed by atoms with Crippen molar-refractivity contribution in [2.24, 2.45) is 0 Å². The largest absolute Gasteiger partial charge is 0.456 e. The predicted molar refractivity (Wildman–Crippen MR) is 165 cm³/mol. The van der Waals surface area contributed by atoms with Crippen LogP contribution in [0.1, 0.15) is 55.7 Å². The molecule has 42 heavy (non-hydrogen) atoms. The van der Waals surface area contributed by atoms with Crippen LogP contribution in [0.5, 0.6) is 11.5 Å². The van der Waals surface area contributed by atoms with Gasteiger partial charge in [0.15, 0.2) is 0 Å². The van der Waals surface area contributed by atoms with Crippen molar-refractivity contribution in [3.8, 4) is 11.5 Å². The molecular weight excluding hydrogens is 594 g/mol. The standard InChI is InChI=1S/C30H30ClN5O4S2/c1-30(2,3)40-29(38)36-14-12-20(13-15-36)26-33-28(42-35-26)34-27-25(41-24-7-5-4-6-23(24)31)16-22(17-32-27)39-21-10-8-19(18-37)9-11-21/h4-11,16-18,20H,12-15H2,1-3H3,(H,32,33,34,35). The molecule has 1 saturated heterocycles. The third-order valence-corrected chi connectivity index (χ3v) is 8.51. The first-order chi connectivity index (χ1) is 20.2. The molecule has 2 aromatic carbocycles. The first-order valence-electron chi connectivity index (χ1n) is 13.4. The lowest BCUT2D eigenvalue weighted by molar-refractivity contribution is 0.0203. The molecule has 2 aromatic heterocycles. The summed E-state index contributed by atoms with van der Waals surface area (Å²) in [6.45, 7) is 6.80. The number of piperidine rings is 1. The molecule has 1 N–H and O–H groups in total. The van der Waals surface area contributed by atoms with Crippen LogP contribution in [0.4, 0.5) is 15.7 Å². The minimum atomic E-state index is -0.519. The van der Waals surface area contributed by atoms with Crippen LogP contribution in [0, 0.1) is 0 Å². The predicted octanol–water partition coefficient (Wildman–Crippen LogP) is 8.20. The Balaban J connectivity index is 1.30. The van der Waals surface area contributed by atoms with Crippen molar-refractivity contribution in [3.05, 3.63) is 77.2 Å². The molecule has 0 unspecified atom stereocenters. The van der Waals surface area contributed by atoms with Gasteiger partial charge in [0, 0.05) is 47.1 Å². The number of aromatic nitrogens is 3. The van der Waals surface area contributed by atoms with Gasteiger partial charge < -0.3 is 19.7 Å². The highest BCUT2D eigenvalue weighted by Crippen LogP contribution is 2.40. The number of carbonyl (C=O) groups excluding carboxylic acids is 2. The quantitative estimate of drug-likeness (QED) is 0.194. The fourth-order valence-electron chi connectivity index (χ4n) is 4.25. The molecule has 218 valence electrons. The number of ether oxygens (including phenoxy) is 2. The van der Waals surface area contributed by atoms with Crippen LogP contribution in [0.15, 0.2) is 70.6 Å². The molecule has 5 rings (SSSR count). The molecular formula is C30H30ClN5O4S2. The Bertz CT molecular complexity index is 1550. The van der Waals surface area contributed by atoms with Crippen LogP contribution < -0.4 is 10.1 Å². The first-order valence-corrected chi connectivity index (χ1v) is 15.4. The van der Waals surface area contributed by atoms with Crippen molar-refractivity contribution in [3.63, 3.8) is 0 Å². The maximum absolute atomic E-state index is 12.4. The van der Waals surface area contributed by atoms with E-state index in [0.29, 0.717) is 46.1 Å². The number of halogens is 1. The summed E-state index contributed by atoms with van der Waals surface area (Å²) in [6, 6.07) is 16.3. The average Bonchev–Trinajstić information content (AvgIpc) is 3.44. The summed E-state index contributed by atoms with van der Waals surface area (Å²) in [5, 5.41) is 4.56. The van der Waals surface area contributed by atoms with Crippen LogP contribution >= 0.6 is 34.9 Å². The van der Waals surface area contributed by atoms with Gasteiger partial charge in [0.2, 0.25) is 5.13 Å². The zero-order valence-corrected chi connectivity index (χ0v) is 25.8. The normalized spacial score (nSPS) is 14.0. The highest BCUT2D eigenvalue weighted by atomic mass is 35.5. The van der Waals surface area contributed by atoms with Crippen molar-refractivity contribution >= 4 is 58.2 Å². The van der Waals surface area contributed by atoms with Gasteiger partial charge in [-0.25, -0.2) is 14.8 Å². The van der Waals surface area contributed by atoms with Gasteiger partial charge in [0.25, 0.3) is 0 Å². The van der Waals surface area contributed by atoms with E-state index in [1.807, 2.05) is 51.1 Å². The Labute approximate surface area is 257 Å². The number of hydrogen-bond donors (Lipinski definition) is 1. The van der Waals surface area contributed by atoms with E-state index in [1.54, 1.807) is 35.4 Å². The van der Waals surface area contributed by atoms with Crippen LogP contribution in [-0.2, 0) is 4.74 Å². The number of nitrogens with zero attached hydrogens (tertiary/aromatic N) is 4. The minimum Gasteiger partial charge on any atom is -0.456 e. The Hall–Kier alpha value is -3.67. The van der Waals surface area contributed by atoms with Gasteiger partial charge in [-0.15, -0.1) is 0 Å². The van der Waals surface area contributed by atoms with E-state index in [1.165, 1.54) is 23.3 Å². The van der Waals surface area contributed by atoms with E-state index < -0.39 is 5.60 Å². The Morgan fingerprint density at radius 1 is 1.10 bits per heavy atom. The lowest BCUT2D eigenvalue weighted by atomic mass is 9.96. The summed E-state index contributed by atoms with van der Waals surface area (Å²) in [5.41, 5.74) is 0.0506. The number of aldehydes is 1. The molecule has 12 heteroatoms. The SMILES string of the molecule is CC(C)(C)OC(=O)N1CCC(c2nsc(Nc3ncc(Oc4ccc(C=O)cc4)cc3Sc3ccccc3Cl)n2)CC1. The lowest BCUT2D eigenvalue weighted by Gasteiger charge is -2.32. The smallest absolute Gasteiger partial charge is 0.410 e. The van der Waals surface area contributed by atoms with Gasteiger partial charge in [-0.3, -0.25) is 4.79 Å². The van der Waals surface area contributed by atoms with Gasteiger partial charge in [0.1, 0.15) is 35.0 Å². The van der Waals surface area contributed by atoms with Crippen LogP contribution in [-0.4, -0.2) is 50.3 Å². The summed E-state index contributed by atoms with van der Waals surface area (Å²) in [6.07, 6.45) is 3.66. The Morgan fingerprint density at radius 2 is 1.83 bits per heavy atom. The number of pyridine rings is 1. The Morgan fingerprint density at radius 3 is 2.52 bits per heavy atom. The number of amides is 1. The first kappa shape index (κ1) is 29.8. The summed E-state index contributed by atoms with van der Waals surface area (Å²) in [5.74, 6) is 2.62. The highest BCUT2D eigenvalue weighted by molar-refractivity contribution is 7.99. The molecule has 1 amide bonds. The second kappa shape index (κ2) is 13.1. The number of rotatable bonds is 8. The summed E-state index contributed by atoms with van der Waals surface area (Å²) in [4.78, 5) is 36.2. The maximum atomic E-state index is 12.4. The van der Waals surface area contributed by atoms with Gasteiger partial charge in [-0.05, 0) is 70.0 Å². The van der Waals surface area contributed by atoms with Crippen LogP contribution in [0.25, 0.3) is 0 Å². The molecule has 0 atom stereocenters. The number of carbonyl (C=O) groups is 2. The fourth-order valence-corrected chi connectivity index (χ4v) is 6.07. The maximum Gasteiger partial charge on any atom is 0.410 e. The van der Waals surface area contributed by atoms with Crippen molar-refractivity contribution in [2.75, 3.05) is 18.4 Å². The number of anilines is 2. The van der Waals surface area contributed by atoms with E-state index in [0.717, 1.165) is 34.7 Å². The third-order valence-electron chi connectivity index (χ3n) is 6.31. The molecule has 3 heterocycles. The molecule has 0 saturated carbocycles. The second-order valence-electron chi connectivity index (χ2n) is 10.7. The molecule has 4 aromatic rings. The number of benzene rings is 2.